The van der Waals surface area contributed by atoms with Gasteiger partial charge in [-0.25, -0.2) is 4.98 Å². The SMILES string of the molecule is c1ccc2oc(-c3ccc(-c4cccc5c4sc4ccccc45)c4ccccc34)nc2c1. The molecule has 2 aromatic heterocycles. The average Bonchev–Trinajstić information content (AvgIpc) is 3.45. The number of benzene rings is 5. The number of para-hydroxylation sites is 2. The van der Waals surface area contributed by atoms with Crippen molar-refractivity contribution in [2.75, 3.05) is 0 Å². The molecule has 0 amide bonds. The molecule has 7 aromatic rings. The molecular weight excluding hydrogens is 410 g/mol. The van der Waals surface area contributed by atoms with E-state index < -0.39 is 0 Å². The molecule has 0 radical (unpaired) electrons. The molecule has 0 fully saturated rings. The van der Waals surface area contributed by atoms with Crippen molar-refractivity contribution in [2.24, 2.45) is 0 Å². The van der Waals surface area contributed by atoms with Crippen LogP contribution < -0.4 is 0 Å². The van der Waals surface area contributed by atoms with Crippen LogP contribution in [0.25, 0.3) is 64.6 Å². The van der Waals surface area contributed by atoms with E-state index in [4.69, 9.17) is 9.40 Å². The summed E-state index contributed by atoms with van der Waals surface area (Å²) in [7, 11) is 0. The lowest BCUT2D eigenvalue weighted by atomic mass is 9.94. The molecule has 7 rings (SSSR count). The van der Waals surface area contributed by atoms with E-state index in [0.717, 1.165) is 22.0 Å². The Bertz CT molecular complexity index is 1760. The number of thiophene rings is 1. The van der Waals surface area contributed by atoms with Gasteiger partial charge in [-0.1, -0.05) is 78.9 Å². The van der Waals surface area contributed by atoms with E-state index in [-0.39, 0.29) is 0 Å². The summed E-state index contributed by atoms with van der Waals surface area (Å²) in [5.74, 6) is 0.661. The summed E-state index contributed by atoms with van der Waals surface area (Å²) in [6.07, 6.45) is 0. The average molecular weight is 428 g/mol. The minimum atomic E-state index is 0.661. The van der Waals surface area contributed by atoms with E-state index in [2.05, 4.69) is 78.9 Å². The molecule has 0 saturated carbocycles. The lowest BCUT2D eigenvalue weighted by Crippen LogP contribution is -1.86. The molecule has 32 heavy (non-hydrogen) atoms. The van der Waals surface area contributed by atoms with Crippen molar-refractivity contribution in [2.45, 2.75) is 0 Å². The van der Waals surface area contributed by atoms with Crippen molar-refractivity contribution in [1.29, 1.82) is 0 Å². The molecule has 0 aliphatic heterocycles. The van der Waals surface area contributed by atoms with E-state index in [1.165, 1.54) is 36.7 Å². The Morgan fingerprint density at radius 3 is 2.09 bits per heavy atom. The Morgan fingerprint density at radius 1 is 0.531 bits per heavy atom. The van der Waals surface area contributed by atoms with E-state index in [9.17, 15) is 0 Å². The molecule has 0 bridgehead atoms. The lowest BCUT2D eigenvalue weighted by Gasteiger charge is -2.11. The molecular formula is C29H17NOS. The fourth-order valence-corrected chi connectivity index (χ4v) is 5.90. The number of fused-ring (bicyclic) bond motifs is 5. The maximum absolute atomic E-state index is 6.11. The summed E-state index contributed by atoms with van der Waals surface area (Å²) in [6, 6.07) is 36.1. The minimum absolute atomic E-state index is 0.661. The standard InChI is InChI=1S/C29H17NOS/c1-2-9-19-18(8-1)20(16-17-24(19)29-30-25-13-4-5-14-26(25)31-29)22-11-7-12-23-21-10-3-6-15-27(21)32-28(22)23/h1-17H. The Kier molecular flexibility index (Phi) is 3.75. The van der Waals surface area contributed by atoms with Gasteiger partial charge < -0.3 is 4.42 Å². The van der Waals surface area contributed by atoms with Crippen molar-refractivity contribution in [1.82, 2.24) is 4.98 Å². The Labute approximate surface area is 188 Å². The zero-order chi connectivity index (χ0) is 21.1. The van der Waals surface area contributed by atoms with Crippen LogP contribution in [0, 0.1) is 0 Å². The smallest absolute Gasteiger partial charge is 0.227 e. The lowest BCUT2D eigenvalue weighted by molar-refractivity contribution is 0.620. The van der Waals surface area contributed by atoms with Crippen molar-refractivity contribution < 1.29 is 4.42 Å². The van der Waals surface area contributed by atoms with Gasteiger partial charge in [-0.3, -0.25) is 0 Å². The van der Waals surface area contributed by atoms with Gasteiger partial charge in [0.1, 0.15) is 5.52 Å². The van der Waals surface area contributed by atoms with Crippen LogP contribution in [0.5, 0.6) is 0 Å². The van der Waals surface area contributed by atoms with Crippen molar-refractivity contribution >= 4 is 53.4 Å². The van der Waals surface area contributed by atoms with E-state index in [1.807, 2.05) is 35.6 Å². The van der Waals surface area contributed by atoms with Crippen LogP contribution in [-0.4, -0.2) is 4.98 Å². The Morgan fingerprint density at radius 2 is 1.22 bits per heavy atom. The molecule has 0 spiro atoms. The summed E-state index contributed by atoms with van der Waals surface area (Å²) in [5.41, 5.74) is 5.21. The largest absolute Gasteiger partial charge is 0.436 e. The maximum atomic E-state index is 6.11. The van der Waals surface area contributed by atoms with Gasteiger partial charge in [0.25, 0.3) is 0 Å². The minimum Gasteiger partial charge on any atom is -0.436 e. The summed E-state index contributed by atoms with van der Waals surface area (Å²) >= 11 is 1.86. The molecule has 2 nitrogen and oxygen atoms in total. The number of oxazole rings is 1. The molecule has 5 aromatic carbocycles. The maximum Gasteiger partial charge on any atom is 0.227 e. The number of aromatic nitrogens is 1. The third-order valence-electron chi connectivity index (χ3n) is 6.14. The highest BCUT2D eigenvalue weighted by molar-refractivity contribution is 7.26. The second kappa shape index (κ2) is 6.78. The highest BCUT2D eigenvalue weighted by Gasteiger charge is 2.16. The van der Waals surface area contributed by atoms with Crippen LogP contribution >= 0.6 is 11.3 Å². The summed E-state index contributed by atoms with van der Waals surface area (Å²) < 4.78 is 8.76. The van der Waals surface area contributed by atoms with Gasteiger partial charge in [0.15, 0.2) is 5.58 Å². The third kappa shape index (κ3) is 2.55. The summed E-state index contributed by atoms with van der Waals surface area (Å²) in [6.45, 7) is 0. The van der Waals surface area contributed by atoms with Gasteiger partial charge >= 0.3 is 0 Å². The second-order valence-corrected chi connectivity index (χ2v) is 9.03. The predicted octanol–water partition coefficient (Wildman–Crippen LogP) is 8.68. The van der Waals surface area contributed by atoms with Crippen LogP contribution in [0.2, 0.25) is 0 Å². The molecule has 0 atom stereocenters. The first-order valence-corrected chi connectivity index (χ1v) is 11.5. The van der Waals surface area contributed by atoms with Gasteiger partial charge in [0, 0.05) is 31.3 Å². The Hall–Kier alpha value is -3.95. The quantitative estimate of drug-likeness (QED) is 0.276. The van der Waals surface area contributed by atoms with Crippen LogP contribution in [0.15, 0.2) is 108 Å². The topological polar surface area (TPSA) is 26.0 Å². The van der Waals surface area contributed by atoms with Gasteiger partial charge in [-0.15, -0.1) is 11.3 Å². The molecule has 0 unspecified atom stereocenters. The molecule has 2 heterocycles. The van der Waals surface area contributed by atoms with E-state index in [0.29, 0.717) is 5.89 Å². The highest BCUT2D eigenvalue weighted by Crippen LogP contribution is 2.43. The van der Waals surface area contributed by atoms with Gasteiger partial charge in [0.05, 0.1) is 0 Å². The summed E-state index contributed by atoms with van der Waals surface area (Å²) in [5, 5.41) is 4.99. The van der Waals surface area contributed by atoms with Gasteiger partial charge in [0.2, 0.25) is 5.89 Å². The molecule has 3 heteroatoms. The number of hydrogen-bond acceptors (Lipinski definition) is 3. The van der Waals surface area contributed by atoms with Crippen LogP contribution in [0.1, 0.15) is 0 Å². The zero-order valence-corrected chi connectivity index (χ0v) is 17.9. The van der Waals surface area contributed by atoms with Crippen LogP contribution in [0.4, 0.5) is 0 Å². The Balaban J connectivity index is 1.51. The van der Waals surface area contributed by atoms with Crippen molar-refractivity contribution in [3.05, 3.63) is 103 Å². The second-order valence-electron chi connectivity index (χ2n) is 7.97. The zero-order valence-electron chi connectivity index (χ0n) is 17.1. The van der Waals surface area contributed by atoms with Crippen molar-refractivity contribution in [3.63, 3.8) is 0 Å². The van der Waals surface area contributed by atoms with Crippen LogP contribution in [-0.2, 0) is 0 Å². The molecule has 0 N–H and O–H groups in total. The fourth-order valence-electron chi connectivity index (χ4n) is 4.67. The molecule has 0 aliphatic rings. The monoisotopic (exact) mass is 427 g/mol. The first-order valence-electron chi connectivity index (χ1n) is 10.7. The van der Waals surface area contributed by atoms with E-state index >= 15 is 0 Å². The van der Waals surface area contributed by atoms with Crippen LogP contribution in [0.3, 0.4) is 0 Å². The molecule has 0 saturated heterocycles. The number of rotatable bonds is 2. The molecule has 0 aliphatic carbocycles. The third-order valence-corrected chi connectivity index (χ3v) is 7.36. The van der Waals surface area contributed by atoms with Gasteiger partial charge in [-0.05, 0) is 40.6 Å². The fraction of sp³-hybridized carbons (Fsp3) is 0. The normalized spacial score (nSPS) is 11.8. The first-order chi connectivity index (χ1) is 15.9. The van der Waals surface area contributed by atoms with E-state index in [1.54, 1.807) is 0 Å². The van der Waals surface area contributed by atoms with Crippen molar-refractivity contribution in [3.8, 4) is 22.6 Å². The van der Waals surface area contributed by atoms with Gasteiger partial charge in [-0.2, -0.15) is 0 Å². The summed E-state index contributed by atoms with van der Waals surface area (Å²) in [4.78, 5) is 4.75. The highest BCUT2D eigenvalue weighted by atomic mass is 32.1. The first kappa shape index (κ1) is 17.7. The predicted molar refractivity (Wildman–Crippen MR) is 135 cm³/mol. The number of nitrogens with zero attached hydrogens (tertiary/aromatic N) is 1. The number of hydrogen-bond donors (Lipinski definition) is 0. The molecule has 150 valence electrons.